The Morgan fingerprint density at radius 1 is 0.552 bits per heavy atom. The highest BCUT2D eigenvalue weighted by atomic mass is 16.3. The second kappa shape index (κ2) is 8.08. The van der Waals surface area contributed by atoms with Crippen LogP contribution in [0.1, 0.15) is 45.8 Å². The molecule has 0 saturated heterocycles. The van der Waals surface area contributed by atoms with Gasteiger partial charge in [-0.1, -0.05) is 78.9 Å². The molecule has 2 unspecified atom stereocenters. The lowest BCUT2D eigenvalue weighted by Crippen LogP contribution is -2.08. The summed E-state index contributed by atoms with van der Waals surface area (Å²) in [5.41, 5.74) is 5.99. The Balaban J connectivity index is 1.95. The molecular weight excluding hydrogens is 358 g/mol. The van der Waals surface area contributed by atoms with Gasteiger partial charge in [-0.3, -0.25) is 0 Å². The first kappa shape index (κ1) is 19.2. The van der Waals surface area contributed by atoms with Gasteiger partial charge in [-0.2, -0.15) is 0 Å². The van der Waals surface area contributed by atoms with E-state index in [4.69, 9.17) is 0 Å². The monoisotopic (exact) mass is 383 g/mol. The van der Waals surface area contributed by atoms with Crippen LogP contribution in [0.4, 0.5) is 0 Å². The molecule has 3 heteroatoms. The number of benzene rings is 3. The number of hydrogen-bond donors (Lipinski definition) is 2. The van der Waals surface area contributed by atoms with Gasteiger partial charge in [0.15, 0.2) is 0 Å². The van der Waals surface area contributed by atoms with Gasteiger partial charge in [0.1, 0.15) is 12.2 Å². The molecule has 29 heavy (non-hydrogen) atoms. The maximum absolute atomic E-state index is 11.3. The topological polar surface area (TPSA) is 45.4 Å². The van der Waals surface area contributed by atoms with Crippen molar-refractivity contribution in [3.63, 3.8) is 0 Å². The first-order valence-corrected chi connectivity index (χ1v) is 9.82. The molecule has 2 atom stereocenters. The molecule has 0 saturated carbocycles. The lowest BCUT2D eigenvalue weighted by Gasteiger charge is -2.18. The average Bonchev–Trinajstić information content (AvgIpc) is 3.04. The van der Waals surface area contributed by atoms with Crippen molar-refractivity contribution in [1.29, 1.82) is 0 Å². The van der Waals surface area contributed by atoms with Gasteiger partial charge < -0.3 is 14.8 Å². The highest BCUT2D eigenvalue weighted by Crippen LogP contribution is 2.39. The second-order valence-corrected chi connectivity index (χ2v) is 7.30. The van der Waals surface area contributed by atoms with E-state index in [-0.39, 0.29) is 0 Å². The Kier molecular flexibility index (Phi) is 5.34. The number of hydrogen-bond acceptors (Lipinski definition) is 2. The van der Waals surface area contributed by atoms with E-state index in [0.717, 1.165) is 39.3 Å². The Hall–Kier alpha value is -3.14. The third kappa shape index (κ3) is 3.51. The van der Waals surface area contributed by atoms with Crippen LogP contribution in [0.2, 0.25) is 0 Å². The van der Waals surface area contributed by atoms with Gasteiger partial charge in [0.25, 0.3) is 0 Å². The number of para-hydroxylation sites is 1. The molecule has 1 heterocycles. The van der Waals surface area contributed by atoms with E-state index in [1.807, 2.05) is 105 Å². The lowest BCUT2D eigenvalue weighted by molar-refractivity contribution is 0.197. The maximum atomic E-state index is 11.3. The minimum Gasteiger partial charge on any atom is -0.384 e. The van der Waals surface area contributed by atoms with Crippen LogP contribution >= 0.6 is 0 Å². The summed E-state index contributed by atoms with van der Waals surface area (Å²) in [5.74, 6) is 0. The number of rotatable bonds is 5. The molecular formula is C26H25NO2. The summed E-state index contributed by atoms with van der Waals surface area (Å²) in [6.07, 6.45) is -1.65. The van der Waals surface area contributed by atoms with Gasteiger partial charge in [0, 0.05) is 28.2 Å². The Morgan fingerprint density at radius 3 is 1.28 bits per heavy atom. The van der Waals surface area contributed by atoms with Crippen molar-refractivity contribution in [1.82, 2.24) is 4.57 Å². The standard InChI is InChI=1S/C26H25NO2/c1-18-23(25(28)20-12-6-3-7-13-20)24(26(29)21-14-8-4-9-15-21)19(2)27(18)22-16-10-5-11-17-22/h3-17,25-26,28-29H,1-2H3. The molecule has 3 aromatic carbocycles. The quantitative estimate of drug-likeness (QED) is 0.494. The van der Waals surface area contributed by atoms with Crippen molar-refractivity contribution in [2.45, 2.75) is 26.1 Å². The molecule has 4 aromatic rings. The number of aromatic nitrogens is 1. The van der Waals surface area contributed by atoms with Crippen LogP contribution in [0.5, 0.6) is 0 Å². The third-order valence-electron chi connectivity index (χ3n) is 5.53. The molecule has 0 fully saturated rings. The van der Waals surface area contributed by atoms with Gasteiger partial charge in [-0.25, -0.2) is 0 Å². The van der Waals surface area contributed by atoms with Crippen LogP contribution in [0.15, 0.2) is 91.0 Å². The zero-order valence-electron chi connectivity index (χ0n) is 16.7. The second-order valence-electron chi connectivity index (χ2n) is 7.30. The molecule has 0 aliphatic heterocycles. The lowest BCUT2D eigenvalue weighted by atomic mass is 9.92. The fourth-order valence-electron chi connectivity index (χ4n) is 4.14. The molecule has 0 radical (unpaired) electrons. The maximum Gasteiger partial charge on any atom is 0.106 e. The molecule has 3 nitrogen and oxygen atoms in total. The van der Waals surface area contributed by atoms with Crippen molar-refractivity contribution in [3.8, 4) is 5.69 Å². The summed E-state index contributed by atoms with van der Waals surface area (Å²) >= 11 is 0. The number of aliphatic hydroxyl groups excluding tert-OH is 2. The normalized spacial score (nSPS) is 13.2. The van der Waals surface area contributed by atoms with Crippen molar-refractivity contribution >= 4 is 0 Å². The van der Waals surface area contributed by atoms with Crippen LogP contribution in [-0.4, -0.2) is 14.8 Å². The minimum absolute atomic E-state index is 0.758. The van der Waals surface area contributed by atoms with Gasteiger partial charge in [0.2, 0.25) is 0 Å². The fraction of sp³-hybridized carbons (Fsp3) is 0.154. The van der Waals surface area contributed by atoms with Crippen molar-refractivity contribution < 1.29 is 10.2 Å². The van der Waals surface area contributed by atoms with E-state index >= 15 is 0 Å². The summed E-state index contributed by atoms with van der Waals surface area (Å²) < 4.78 is 2.11. The molecule has 4 rings (SSSR count). The first-order chi connectivity index (χ1) is 14.1. The average molecular weight is 383 g/mol. The first-order valence-electron chi connectivity index (χ1n) is 9.82. The molecule has 0 aliphatic carbocycles. The van der Waals surface area contributed by atoms with Gasteiger partial charge in [-0.15, -0.1) is 0 Å². The van der Waals surface area contributed by atoms with Crippen molar-refractivity contribution in [2.75, 3.05) is 0 Å². The van der Waals surface area contributed by atoms with Crippen LogP contribution in [0, 0.1) is 13.8 Å². The molecule has 0 spiro atoms. The predicted octanol–water partition coefficient (Wildman–Crippen LogP) is 5.26. The van der Waals surface area contributed by atoms with Crippen LogP contribution in [-0.2, 0) is 0 Å². The van der Waals surface area contributed by atoms with Crippen LogP contribution in [0.25, 0.3) is 5.69 Å². The van der Waals surface area contributed by atoms with Crippen molar-refractivity contribution in [3.05, 3.63) is 125 Å². The van der Waals surface area contributed by atoms with Gasteiger partial charge in [0.05, 0.1) is 0 Å². The smallest absolute Gasteiger partial charge is 0.106 e. The van der Waals surface area contributed by atoms with E-state index in [1.165, 1.54) is 0 Å². The number of aliphatic hydroxyl groups is 2. The minimum atomic E-state index is -0.826. The third-order valence-corrected chi connectivity index (χ3v) is 5.53. The summed E-state index contributed by atoms with van der Waals surface area (Å²) in [4.78, 5) is 0. The molecule has 146 valence electrons. The van der Waals surface area contributed by atoms with E-state index in [0.29, 0.717) is 0 Å². The van der Waals surface area contributed by atoms with E-state index in [1.54, 1.807) is 0 Å². The summed E-state index contributed by atoms with van der Waals surface area (Å²) in [6, 6.07) is 29.3. The van der Waals surface area contributed by atoms with E-state index in [9.17, 15) is 10.2 Å². The highest BCUT2D eigenvalue weighted by molar-refractivity contribution is 5.52. The largest absolute Gasteiger partial charge is 0.384 e. The number of nitrogens with zero attached hydrogens (tertiary/aromatic N) is 1. The summed E-state index contributed by atoms with van der Waals surface area (Å²) in [6.45, 7) is 4.01. The van der Waals surface area contributed by atoms with E-state index < -0.39 is 12.2 Å². The van der Waals surface area contributed by atoms with E-state index in [2.05, 4.69) is 4.57 Å². The van der Waals surface area contributed by atoms with Crippen LogP contribution in [0.3, 0.4) is 0 Å². The Labute approximate surface area is 171 Å². The summed E-state index contributed by atoms with van der Waals surface area (Å²) in [5, 5.41) is 22.6. The zero-order chi connectivity index (χ0) is 20.4. The Bertz CT molecular complexity index is 1020. The zero-order valence-corrected chi connectivity index (χ0v) is 16.7. The molecule has 0 aliphatic rings. The molecule has 2 N–H and O–H groups in total. The summed E-state index contributed by atoms with van der Waals surface area (Å²) in [7, 11) is 0. The predicted molar refractivity (Wildman–Crippen MR) is 116 cm³/mol. The SMILES string of the molecule is Cc1c(C(O)c2ccccc2)c(C(O)c2ccccc2)c(C)n1-c1ccccc1. The highest BCUT2D eigenvalue weighted by Gasteiger charge is 2.29. The van der Waals surface area contributed by atoms with Gasteiger partial charge in [-0.05, 0) is 37.1 Å². The Morgan fingerprint density at radius 2 is 0.897 bits per heavy atom. The molecule has 0 bridgehead atoms. The fourth-order valence-corrected chi connectivity index (χ4v) is 4.14. The molecule has 0 amide bonds. The van der Waals surface area contributed by atoms with Gasteiger partial charge >= 0.3 is 0 Å². The van der Waals surface area contributed by atoms with Crippen LogP contribution < -0.4 is 0 Å². The molecule has 1 aromatic heterocycles. The van der Waals surface area contributed by atoms with Crippen molar-refractivity contribution in [2.24, 2.45) is 0 Å².